The molecule has 0 heterocycles. The predicted octanol–water partition coefficient (Wildman–Crippen LogP) is 2.27. The fraction of sp³-hybridized carbons (Fsp3) is 0.0667. The summed E-state index contributed by atoms with van der Waals surface area (Å²) in [6.07, 6.45) is 4.49. The average Bonchev–Trinajstić information content (AvgIpc) is 2.81. The van der Waals surface area contributed by atoms with Gasteiger partial charge in [0.1, 0.15) is 5.75 Å². The van der Waals surface area contributed by atoms with Gasteiger partial charge in [0.25, 0.3) is 0 Å². The SMILES string of the molecule is C1=CC([SiH2]Oc2ccccc2)c2ccccc21.[LiH]. The molecule has 0 radical (unpaired) electrons. The molecule has 0 amide bonds. The summed E-state index contributed by atoms with van der Waals surface area (Å²) in [6.45, 7) is 0. The van der Waals surface area contributed by atoms with E-state index in [1.165, 1.54) is 11.1 Å². The van der Waals surface area contributed by atoms with Gasteiger partial charge in [0.05, 0.1) is 0 Å². The molecular weight excluding hydrogens is 231 g/mol. The molecule has 1 unspecified atom stereocenters. The van der Waals surface area contributed by atoms with Crippen LogP contribution in [0, 0.1) is 0 Å². The maximum absolute atomic E-state index is 5.93. The number of allylic oxidation sites excluding steroid dienone is 1. The monoisotopic (exact) mass is 246 g/mol. The summed E-state index contributed by atoms with van der Waals surface area (Å²) in [7, 11) is -0.606. The summed E-state index contributed by atoms with van der Waals surface area (Å²) < 4.78 is 5.93. The molecule has 0 saturated heterocycles. The van der Waals surface area contributed by atoms with Gasteiger partial charge in [-0.15, -0.1) is 0 Å². The van der Waals surface area contributed by atoms with Crippen LogP contribution in [0.1, 0.15) is 16.7 Å². The molecule has 0 aliphatic heterocycles. The van der Waals surface area contributed by atoms with Gasteiger partial charge in [0, 0.05) is 5.54 Å². The predicted molar refractivity (Wildman–Crippen MR) is 81.0 cm³/mol. The fourth-order valence-corrected chi connectivity index (χ4v) is 3.53. The Bertz CT molecular complexity index is 539. The van der Waals surface area contributed by atoms with E-state index >= 15 is 0 Å². The van der Waals surface area contributed by atoms with Gasteiger partial charge in [0.15, 0.2) is 0 Å². The number of rotatable bonds is 3. The summed E-state index contributed by atoms with van der Waals surface area (Å²) in [4.78, 5) is 0. The summed E-state index contributed by atoms with van der Waals surface area (Å²) >= 11 is 0. The zero-order valence-electron chi connectivity index (χ0n) is 9.54. The summed E-state index contributed by atoms with van der Waals surface area (Å²) in [6, 6.07) is 18.7. The van der Waals surface area contributed by atoms with E-state index < -0.39 is 9.76 Å². The van der Waals surface area contributed by atoms with Gasteiger partial charge in [-0.05, 0) is 23.3 Å². The van der Waals surface area contributed by atoms with Crippen LogP contribution in [0.3, 0.4) is 0 Å². The van der Waals surface area contributed by atoms with Crippen molar-refractivity contribution in [3.05, 3.63) is 71.8 Å². The van der Waals surface area contributed by atoms with Crippen LogP contribution in [0.4, 0.5) is 0 Å². The molecule has 0 spiro atoms. The first-order chi connectivity index (χ1) is 8.43. The molecule has 0 N–H and O–H groups in total. The van der Waals surface area contributed by atoms with E-state index in [0.717, 1.165) is 5.75 Å². The molecule has 0 aromatic heterocycles. The average molecular weight is 246 g/mol. The van der Waals surface area contributed by atoms with Gasteiger partial charge in [-0.3, -0.25) is 0 Å². The van der Waals surface area contributed by atoms with E-state index in [2.05, 4.69) is 36.4 Å². The molecule has 18 heavy (non-hydrogen) atoms. The van der Waals surface area contributed by atoms with E-state index in [-0.39, 0.29) is 18.9 Å². The van der Waals surface area contributed by atoms with Crippen molar-refractivity contribution in [3.8, 4) is 5.75 Å². The topological polar surface area (TPSA) is 9.23 Å². The Morgan fingerprint density at radius 1 is 0.889 bits per heavy atom. The molecule has 0 saturated carbocycles. The molecule has 2 aromatic carbocycles. The first-order valence-corrected chi connectivity index (χ1v) is 7.28. The van der Waals surface area contributed by atoms with Crippen LogP contribution < -0.4 is 4.43 Å². The summed E-state index contributed by atoms with van der Waals surface area (Å²) in [5.74, 6) is 0.997. The van der Waals surface area contributed by atoms with Crippen LogP contribution in [0.15, 0.2) is 60.7 Å². The summed E-state index contributed by atoms with van der Waals surface area (Å²) in [5.41, 5.74) is 3.29. The van der Waals surface area contributed by atoms with Crippen LogP contribution in [0.2, 0.25) is 0 Å². The molecule has 3 rings (SSSR count). The van der Waals surface area contributed by atoms with E-state index in [4.69, 9.17) is 4.43 Å². The van der Waals surface area contributed by atoms with E-state index in [1.807, 2.05) is 30.3 Å². The van der Waals surface area contributed by atoms with Crippen LogP contribution in [-0.4, -0.2) is 28.6 Å². The fourth-order valence-electron chi connectivity index (χ4n) is 2.17. The normalized spacial score (nSPS) is 16.6. The van der Waals surface area contributed by atoms with Crippen molar-refractivity contribution in [2.24, 2.45) is 0 Å². The van der Waals surface area contributed by atoms with Crippen molar-refractivity contribution in [1.29, 1.82) is 0 Å². The van der Waals surface area contributed by atoms with Crippen molar-refractivity contribution < 1.29 is 4.43 Å². The Balaban J connectivity index is 0.00000120. The van der Waals surface area contributed by atoms with E-state index in [9.17, 15) is 0 Å². The van der Waals surface area contributed by atoms with Gasteiger partial charge >= 0.3 is 18.9 Å². The first-order valence-electron chi connectivity index (χ1n) is 5.88. The molecule has 1 aliphatic carbocycles. The Morgan fingerprint density at radius 3 is 2.44 bits per heavy atom. The van der Waals surface area contributed by atoms with Crippen LogP contribution in [0.5, 0.6) is 5.75 Å². The Kier molecular flexibility index (Phi) is 4.49. The third-order valence-electron chi connectivity index (χ3n) is 3.08. The molecule has 86 valence electrons. The minimum absolute atomic E-state index is 0. The quantitative estimate of drug-likeness (QED) is 0.755. The third kappa shape index (κ3) is 2.78. The zero-order chi connectivity index (χ0) is 11.5. The van der Waals surface area contributed by atoms with Crippen LogP contribution >= 0.6 is 0 Å². The Morgan fingerprint density at radius 2 is 1.61 bits per heavy atom. The molecule has 1 atom stereocenters. The maximum atomic E-state index is 5.93. The van der Waals surface area contributed by atoms with Gasteiger partial charge in [0.2, 0.25) is 9.76 Å². The van der Waals surface area contributed by atoms with Crippen molar-refractivity contribution >= 4 is 34.7 Å². The summed E-state index contributed by atoms with van der Waals surface area (Å²) in [5, 5.41) is 0. The third-order valence-corrected chi connectivity index (χ3v) is 4.65. The number of hydrogen-bond acceptors (Lipinski definition) is 1. The van der Waals surface area contributed by atoms with E-state index in [0.29, 0.717) is 5.54 Å². The van der Waals surface area contributed by atoms with Crippen LogP contribution in [-0.2, 0) is 0 Å². The molecule has 2 aromatic rings. The molecular formula is C15H15LiOSi. The van der Waals surface area contributed by atoms with Crippen molar-refractivity contribution in [3.63, 3.8) is 0 Å². The van der Waals surface area contributed by atoms with Crippen molar-refractivity contribution in [2.75, 3.05) is 0 Å². The number of benzene rings is 2. The first kappa shape index (κ1) is 13.2. The standard InChI is InChI=1S/C15H14OSi.Li.H/c1-2-7-13(8-3-1)16-17-15-11-10-12-6-4-5-9-14(12)15;;/h1-11,15H,17H2;;. The number of hydrogen-bond donors (Lipinski definition) is 0. The van der Waals surface area contributed by atoms with Crippen molar-refractivity contribution in [1.82, 2.24) is 0 Å². The second kappa shape index (κ2) is 6.11. The molecule has 3 heteroatoms. The molecule has 0 bridgehead atoms. The Labute approximate surface area is 122 Å². The second-order valence-electron chi connectivity index (χ2n) is 4.22. The van der Waals surface area contributed by atoms with Gasteiger partial charge in [-0.2, -0.15) is 0 Å². The van der Waals surface area contributed by atoms with Gasteiger partial charge < -0.3 is 4.43 Å². The molecule has 1 aliphatic rings. The Hall–Kier alpha value is -1.21. The van der Waals surface area contributed by atoms with Gasteiger partial charge in [-0.25, -0.2) is 0 Å². The molecule has 0 fully saturated rings. The van der Waals surface area contributed by atoms with E-state index in [1.54, 1.807) is 0 Å². The second-order valence-corrected chi connectivity index (χ2v) is 5.72. The van der Waals surface area contributed by atoms with Crippen LogP contribution in [0.25, 0.3) is 6.08 Å². The van der Waals surface area contributed by atoms with Crippen molar-refractivity contribution in [2.45, 2.75) is 5.54 Å². The number of para-hydroxylation sites is 1. The minimum atomic E-state index is -0.606. The number of fused-ring (bicyclic) bond motifs is 1. The zero-order valence-corrected chi connectivity index (χ0v) is 11.0. The molecule has 1 nitrogen and oxygen atoms in total. The van der Waals surface area contributed by atoms with Gasteiger partial charge in [-0.1, -0.05) is 54.6 Å².